The van der Waals surface area contributed by atoms with Gasteiger partial charge in [0.15, 0.2) is 0 Å². The van der Waals surface area contributed by atoms with Crippen LogP contribution in [-0.2, 0) is 4.79 Å². The van der Waals surface area contributed by atoms with Crippen LogP contribution in [0.25, 0.3) is 0 Å². The molecule has 1 amide bonds. The monoisotopic (exact) mass is 210 g/mol. The average Bonchev–Trinajstić information content (AvgIpc) is 2.76. The molecule has 1 saturated carbocycles. The van der Waals surface area contributed by atoms with Crippen molar-refractivity contribution in [3.8, 4) is 0 Å². The van der Waals surface area contributed by atoms with E-state index in [0.29, 0.717) is 11.3 Å². The van der Waals surface area contributed by atoms with Gasteiger partial charge in [0.05, 0.1) is 6.04 Å². The van der Waals surface area contributed by atoms with Gasteiger partial charge >= 0.3 is 0 Å². The summed E-state index contributed by atoms with van der Waals surface area (Å²) in [6.07, 6.45) is 6.25. The quantitative estimate of drug-likeness (QED) is 0.763. The number of carbonyl (C=O) groups is 1. The van der Waals surface area contributed by atoms with Crippen molar-refractivity contribution in [2.45, 2.75) is 45.1 Å². The highest BCUT2D eigenvalue weighted by Gasteiger charge is 2.37. The Kier molecular flexibility index (Phi) is 3.01. The first kappa shape index (κ1) is 10.9. The minimum Gasteiger partial charge on any atom is -0.341 e. The number of likely N-dealkylation sites (tertiary alicyclic amines) is 1. The second-order valence-electron chi connectivity index (χ2n) is 5.41. The van der Waals surface area contributed by atoms with Crippen LogP contribution in [0.4, 0.5) is 0 Å². The van der Waals surface area contributed by atoms with Gasteiger partial charge in [0.1, 0.15) is 0 Å². The van der Waals surface area contributed by atoms with E-state index in [2.05, 4.69) is 17.1 Å². The molecule has 0 spiro atoms. The van der Waals surface area contributed by atoms with Crippen LogP contribution >= 0.6 is 0 Å². The summed E-state index contributed by atoms with van der Waals surface area (Å²) in [7, 11) is 1.88. The number of nitrogens with one attached hydrogen (secondary N) is 1. The molecular formula is C12H22N2O. The van der Waals surface area contributed by atoms with Gasteiger partial charge in [-0.1, -0.05) is 19.8 Å². The largest absolute Gasteiger partial charge is 0.341 e. The maximum absolute atomic E-state index is 11.9. The molecule has 2 fully saturated rings. The lowest BCUT2D eigenvalue weighted by molar-refractivity contribution is -0.130. The molecule has 3 nitrogen and oxygen atoms in total. The number of likely N-dealkylation sites (N-methyl/N-ethyl adjacent to an activating group) is 1. The van der Waals surface area contributed by atoms with Crippen LogP contribution in [0.5, 0.6) is 0 Å². The Morgan fingerprint density at radius 2 is 2.13 bits per heavy atom. The Morgan fingerprint density at radius 1 is 1.47 bits per heavy atom. The summed E-state index contributed by atoms with van der Waals surface area (Å²) in [6.45, 7) is 4.25. The van der Waals surface area contributed by atoms with Crippen LogP contribution in [0.3, 0.4) is 0 Å². The Balaban J connectivity index is 1.93. The number of carbonyl (C=O) groups excluding carboxylic acids is 1. The van der Waals surface area contributed by atoms with E-state index in [1.54, 1.807) is 0 Å². The summed E-state index contributed by atoms with van der Waals surface area (Å²) in [4.78, 5) is 14.0. The van der Waals surface area contributed by atoms with Crippen LogP contribution in [0.1, 0.15) is 39.0 Å². The van der Waals surface area contributed by atoms with Gasteiger partial charge in [-0.05, 0) is 31.7 Å². The van der Waals surface area contributed by atoms with Crippen molar-refractivity contribution in [3.63, 3.8) is 0 Å². The minimum absolute atomic E-state index is 0.0787. The molecule has 2 aliphatic rings. The molecule has 0 radical (unpaired) electrons. The molecule has 1 aliphatic carbocycles. The molecular weight excluding hydrogens is 188 g/mol. The summed E-state index contributed by atoms with van der Waals surface area (Å²) in [6, 6.07) is 0.0787. The fourth-order valence-corrected chi connectivity index (χ4v) is 3.01. The third kappa shape index (κ3) is 2.17. The molecule has 0 aromatic carbocycles. The zero-order valence-electron chi connectivity index (χ0n) is 9.88. The third-order valence-corrected chi connectivity index (χ3v) is 4.03. The Morgan fingerprint density at radius 3 is 2.67 bits per heavy atom. The SMILES string of the molecule is CNC1CCN(CC2(C)CCCC2)C1=O. The lowest BCUT2D eigenvalue weighted by Crippen LogP contribution is -2.40. The number of hydrogen-bond donors (Lipinski definition) is 1. The number of rotatable bonds is 3. The van der Waals surface area contributed by atoms with E-state index in [4.69, 9.17) is 0 Å². The Hall–Kier alpha value is -0.570. The highest BCUT2D eigenvalue weighted by atomic mass is 16.2. The standard InChI is InChI=1S/C12H22N2O/c1-12(6-3-4-7-12)9-14-8-5-10(13-2)11(14)15/h10,13H,3-9H2,1-2H3. The van der Waals surface area contributed by atoms with Gasteiger partial charge in [-0.25, -0.2) is 0 Å². The molecule has 1 N–H and O–H groups in total. The molecule has 1 unspecified atom stereocenters. The average molecular weight is 210 g/mol. The number of hydrogen-bond acceptors (Lipinski definition) is 2. The predicted molar refractivity (Wildman–Crippen MR) is 60.6 cm³/mol. The van der Waals surface area contributed by atoms with Crippen molar-refractivity contribution in [2.75, 3.05) is 20.1 Å². The van der Waals surface area contributed by atoms with Crippen LogP contribution in [0.2, 0.25) is 0 Å². The predicted octanol–water partition coefficient (Wildman–Crippen LogP) is 1.39. The molecule has 1 saturated heterocycles. The van der Waals surface area contributed by atoms with Crippen LogP contribution < -0.4 is 5.32 Å². The number of nitrogens with zero attached hydrogens (tertiary/aromatic N) is 1. The molecule has 3 heteroatoms. The maximum Gasteiger partial charge on any atom is 0.239 e. The second-order valence-corrected chi connectivity index (χ2v) is 5.41. The van der Waals surface area contributed by atoms with Gasteiger partial charge in [0, 0.05) is 13.1 Å². The highest BCUT2D eigenvalue weighted by molar-refractivity contribution is 5.83. The summed E-state index contributed by atoms with van der Waals surface area (Å²) in [5, 5.41) is 3.09. The fraction of sp³-hybridized carbons (Fsp3) is 0.917. The molecule has 2 rings (SSSR count). The molecule has 1 atom stereocenters. The fourth-order valence-electron chi connectivity index (χ4n) is 3.01. The summed E-state index contributed by atoms with van der Waals surface area (Å²) in [5.41, 5.74) is 0.401. The van der Waals surface area contributed by atoms with Crippen LogP contribution in [0, 0.1) is 5.41 Å². The topological polar surface area (TPSA) is 32.3 Å². The van der Waals surface area contributed by atoms with E-state index in [1.165, 1.54) is 25.7 Å². The van der Waals surface area contributed by atoms with E-state index in [0.717, 1.165) is 19.5 Å². The second kappa shape index (κ2) is 4.12. The maximum atomic E-state index is 11.9. The van der Waals surface area contributed by atoms with E-state index < -0.39 is 0 Å². The lowest BCUT2D eigenvalue weighted by Gasteiger charge is -2.29. The highest BCUT2D eigenvalue weighted by Crippen LogP contribution is 2.38. The normalized spacial score (nSPS) is 30.1. The van der Waals surface area contributed by atoms with Gasteiger partial charge in [-0.3, -0.25) is 4.79 Å². The Labute approximate surface area is 92.2 Å². The van der Waals surface area contributed by atoms with E-state index in [9.17, 15) is 4.79 Å². The van der Waals surface area contributed by atoms with Gasteiger partial charge in [-0.2, -0.15) is 0 Å². The molecule has 0 aromatic heterocycles. The van der Waals surface area contributed by atoms with Crippen molar-refractivity contribution in [1.82, 2.24) is 10.2 Å². The van der Waals surface area contributed by atoms with Crippen molar-refractivity contribution < 1.29 is 4.79 Å². The molecule has 1 heterocycles. The first-order valence-corrected chi connectivity index (χ1v) is 6.11. The molecule has 86 valence electrons. The van der Waals surface area contributed by atoms with Crippen molar-refractivity contribution in [2.24, 2.45) is 5.41 Å². The number of amides is 1. The molecule has 0 aromatic rings. The van der Waals surface area contributed by atoms with E-state index in [-0.39, 0.29) is 6.04 Å². The van der Waals surface area contributed by atoms with Gasteiger partial charge in [0.25, 0.3) is 0 Å². The zero-order chi connectivity index (χ0) is 10.9. The smallest absolute Gasteiger partial charge is 0.239 e. The van der Waals surface area contributed by atoms with Crippen LogP contribution in [-0.4, -0.2) is 37.0 Å². The third-order valence-electron chi connectivity index (χ3n) is 4.03. The lowest BCUT2D eigenvalue weighted by atomic mass is 9.88. The van der Waals surface area contributed by atoms with Gasteiger partial charge in [-0.15, -0.1) is 0 Å². The van der Waals surface area contributed by atoms with Crippen molar-refractivity contribution in [1.29, 1.82) is 0 Å². The van der Waals surface area contributed by atoms with Crippen LogP contribution in [0.15, 0.2) is 0 Å². The molecule has 1 aliphatic heterocycles. The molecule has 15 heavy (non-hydrogen) atoms. The summed E-state index contributed by atoms with van der Waals surface area (Å²) < 4.78 is 0. The first-order valence-electron chi connectivity index (χ1n) is 6.11. The first-order chi connectivity index (χ1) is 7.14. The van der Waals surface area contributed by atoms with E-state index in [1.807, 2.05) is 7.05 Å². The van der Waals surface area contributed by atoms with E-state index >= 15 is 0 Å². The van der Waals surface area contributed by atoms with Gasteiger partial charge in [0.2, 0.25) is 5.91 Å². The van der Waals surface area contributed by atoms with Gasteiger partial charge < -0.3 is 10.2 Å². The zero-order valence-corrected chi connectivity index (χ0v) is 9.88. The van der Waals surface area contributed by atoms with Crippen molar-refractivity contribution in [3.05, 3.63) is 0 Å². The summed E-state index contributed by atoms with van der Waals surface area (Å²) >= 11 is 0. The minimum atomic E-state index is 0.0787. The molecule has 0 bridgehead atoms. The van der Waals surface area contributed by atoms with Crippen molar-refractivity contribution >= 4 is 5.91 Å². The Bertz CT molecular complexity index is 246. The summed E-state index contributed by atoms with van der Waals surface area (Å²) in [5.74, 6) is 0.311.